The molecule has 2 N–H and O–H groups in total. The summed E-state index contributed by atoms with van der Waals surface area (Å²) in [5.41, 5.74) is -2.91. The molecule has 2 aliphatic heterocycles. The van der Waals surface area contributed by atoms with Crippen molar-refractivity contribution in [3.8, 4) is 0 Å². The molecule has 21 nitrogen and oxygen atoms in total. The molecule has 2 heterocycles. The van der Waals surface area contributed by atoms with Gasteiger partial charge in [0.05, 0.1) is 33.0 Å². The van der Waals surface area contributed by atoms with Crippen LogP contribution in [0.25, 0.3) is 0 Å². The van der Waals surface area contributed by atoms with E-state index in [-0.39, 0.29) is 50.2 Å². The molecule has 2 aromatic carbocycles. The number of hydrogen-bond acceptors (Lipinski definition) is 18. The Kier molecular flexibility index (Phi) is 26.5. The third kappa shape index (κ3) is 21.3. The van der Waals surface area contributed by atoms with Crippen molar-refractivity contribution in [3.05, 3.63) is 59.7 Å². The van der Waals surface area contributed by atoms with E-state index in [4.69, 9.17) is 28.4 Å². The minimum atomic E-state index is -2.14. The number of anilines is 2. The van der Waals surface area contributed by atoms with Gasteiger partial charge in [0.2, 0.25) is 0 Å². The number of rotatable bonds is 31. The Morgan fingerprint density at radius 3 is 1.35 bits per heavy atom. The van der Waals surface area contributed by atoms with Crippen molar-refractivity contribution in [2.75, 3.05) is 97.2 Å². The molecule has 0 radical (unpaired) electrons. The number of ether oxygens (including phenoxy) is 6. The summed E-state index contributed by atoms with van der Waals surface area (Å²) in [6, 6.07) is 8.93. The quantitative estimate of drug-likeness (QED) is 0.0584. The van der Waals surface area contributed by atoms with Crippen molar-refractivity contribution in [3.63, 3.8) is 0 Å². The molecule has 4 rings (SSSR count). The molecule has 2 fully saturated rings. The van der Waals surface area contributed by atoms with Crippen molar-refractivity contribution in [2.45, 2.75) is 167 Å². The van der Waals surface area contributed by atoms with Gasteiger partial charge < -0.3 is 63.3 Å². The van der Waals surface area contributed by atoms with Crippen LogP contribution < -0.4 is 15.1 Å². The first kappa shape index (κ1) is 70.2. The fourth-order valence-corrected chi connectivity index (χ4v) is 9.80. The van der Waals surface area contributed by atoms with Crippen LogP contribution in [0, 0.1) is 11.8 Å². The average molecular weight is 1190 g/mol. The molecule has 0 bridgehead atoms. The van der Waals surface area contributed by atoms with E-state index in [9.17, 15) is 47.9 Å². The number of carbonyl (C=O) groups excluding carboxylic acids is 8. The Bertz CT molecular complexity index is 2500. The van der Waals surface area contributed by atoms with Gasteiger partial charge in [0.1, 0.15) is 35.5 Å². The summed E-state index contributed by atoms with van der Waals surface area (Å²) in [4.78, 5) is 120. The number of carbonyl (C=O) groups is 8. The lowest BCUT2D eigenvalue weighted by Gasteiger charge is -2.35. The molecule has 3 amide bonds. The van der Waals surface area contributed by atoms with Gasteiger partial charge in [-0.05, 0) is 109 Å². The van der Waals surface area contributed by atoms with Crippen LogP contribution in [0.2, 0.25) is 0 Å². The van der Waals surface area contributed by atoms with Crippen molar-refractivity contribution >= 4 is 59.3 Å². The molecular weight excluding hydrogens is 1090 g/mol. The fraction of sp³-hybridized carbons (Fsp3) is 0.672. The molecule has 2 saturated heterocycles. The highest BCUT2D eigenvalue weighted by Gasteiger charge is 2.43. The van der Waals surface area contributed by atoms with Gasteiger partial charge in [0, 0.05) is 84.4 Å². The summed E-state index contributed by atoms with van der Waals surface area (Å²) in [6.45, 7) is 18.6. The molecule has 0 unspecified atom stereocenters. The van der Waals surface area contributed by atoms with Crippen LogP contribution in [-0.2, 0) is 79.6 Å². The first-order chi connectivity index (χ1) is 39.3. The van der Waals surface area contributed by atoms with E-state index >= 15 is 4.39 Å². The topological polar surface area (TPSA) is 240 Å². The van der Waals surface area contributed by atoms with Gasteiger partial charge in [-0.3, -0.25) is 24.0 Å². The Morgan fingerprint density at radius 1 is 0.595 bits per heavy atom. The van der Waals surface area contributed by atoms with Crippen molar-refractivity contribution < 1.29 is 80.7 Å². The minimum absolute atomic E-state index is 0.0142. The maximum absolute atomic E-state index is 15.9. The van der Waals surface area contributed by atoms with Crippen LogP contribution in [0.5, 0.6) is 0 Å². The molecule has 470 valence electrons. The van der Waals surface area contributed by atoms with E-state index in [1.165, 1.54) is 69.7 Å². The highest BCUT2D eigenvalue weighted by atomic mass is 19.1. The number of benzene rings is 2. The van der Waals surface area contributed by atoms with Gasteiger partial charge >= 0.3 is 23.9 Å². The Morgan fingerprint density at radius 2 is 0.976 bits per heavy atom. The molecule has 0 spiro atoms. The van der Waals surface area contributed by atoms with E-state index in [0.29, 0.717) is 63.7 Å². The van der Waals surface area contributed by atoms with E-state index in [1.807, 2.05) is 24.3 Å². The SMILES string of the molecule is CN[C@@H](CC(C)(C)F)C(=O)O[C@H](Cc1ccc(N2CCOCC2)cc1)C(=O)N(C)[C@@H](CC(C)C)C(=O)O[C@H](C)C(=O)N(C)[C@@H](CC(C)(C)F)C(=O)O[C@H](Cc1ccc(N2CCOCC2)cc1)C(=O)N(C)[C@@H](CC(C)C)C(=O)O[C@@](C)(C=O)CO. The zero-order valence-corrected chi connectivity index (χ0v) is 51.7. The molecule has 0 aromatic heterocycles. The van der Waals surface area contributed by atoms with E-state index < -0.39 is 114 Å². The molecule has 8 atom stereocenters. The number of morpholine rings is 2. The summed E-state index contributed by atoms with van der Waals surface area (Å²) in [7, 11) is 5.29. The fourth-order valence-electron chi connectivity index (χ4n) is 9.80. The number of esters is 4. The number of halogens is 2. The third-order valence-corrected chi connectivity index (χ3v) is 14.7. The number of nitrogens with one attached hydrogen (secondary N) is 1. The number of aliphatic hydroxyl groups is 1. The largest absolute Gasteiger partial charge is 0.451 e. The highest BCUT2D eigenvalue weighted by molar-refractivity contribution is 5.93. The van der Waals surface area contributed by atoms with Crippen LogP contribution >= 0.6 is 0 Å². The van der Waals surface area contributed by atoms with E-state index in [2.05, 4.69) is 15.1 Å². The van der Waals surface area contributed by atoms with Gasteiger partial charge in [0.15, 0.2) is 30.2 Å². The number of aliphatic hydroxyl groups excluding tert-OH is 1. The monoisotopic (exact) mass is 1190 g/mol. The van der Waals surface area contributed by atoms with Crippen molar-refractivity contribution in [2.24, 2.45) is 11.8 Å². The number of amides is 3. The lowest BCUT2D eigenvalue weighted by molar-refractivity contribution is -0.176. The molecule has 0 aliphatic carbocycles. The maximum Gasteiger partial charge on any atom is 0.329 e. The normalized spacial score (nSPS) is 17.3. The summed E-state index contributed by atoms with van der Waals surface area (Å²) in [6.07, 6.45) is -5.86. The molecule has 23 heteroatoms. The van der Waals surface area contributed by atoms with Gasteiger partial charge in [-0.25, -0.2) is 23.2 Å². The van der Waals surface area contributed by atoms with E-state index in [1.54, 1.807) is 52.0 Å². The third-order valence-electron chi connectivity index (χ3n) is 14.7. The second-order valence-electron chi connectivity index (χ2n) is 24.2. The zero-order chi connectivity index (χ0) is 62.9. The summed E-state index contributed by atoms with van der Waals surface area (Å²) in [5.74, 6) is -7.25. The van der Waals surface area contributed by atoms with Gasteiger partial charge in [-0.1, -0.05) is 52.0 Å². The van der Waals surface area contributed by atoms with Crippen LogP contribution in [0.15, 0.2) is 48.5 Å². The molecule has 2 aliphatic rings. The molecule has 0 saturated carbocycles. The predicted molar refractivity (Wildman–Crippen MR) is 310 cm³/mol. The summed E-state index contributed by atoms with van der Waals surface area (Å²) in [5, 5.41) is 12.6. The van der Waals surface area contributed by atoms with Crippen LogP contribution in [0.1, 0.15) is 106 Å². The Hall–Kier alpha value is -6.30. The Labute approximate surface area is 494 Å². The van der Waals surface area contributed by atoms with E-state index in [0.717, 1.165) is 26.1 Å². The van der Waals surface area contributed by atoms with Gasteiger partial charge in [-0.2, -0.15) is 0 Å². The standard InChI is InChI=1S/C61H92F2N6O15/c1-39(2)31-47(65(12)53(73)50(82-55(75)46(64-11)35-59(6,7)62)33-42-15-19-44(20-16-42)68-23-27-79-28-24-68)56(76)81-41(5)52(72)67(14)49(36-60(8,9)63)57(77)83-51(34-43-17-21-45(22-18-43)69-25-29-80-30-26-69)54(74)66(13)48(32-40(3)4)58(78)84-61(10,37-70)38-71/h15-22,37,39-41,46-51,64,71H,23-36,38H2,1-14H3/t41-,46+,47+,48+,49+,50-,51-,61+/m1/s1. The highest BCUT2D eigenvalue weighted by Crippen LogP contribution is 2.27. The van der Waals surface area contributed by atoms with Gasteiger partial charge in [0.25, 0.3) is 17.7 Å². The molecule has 84 heavy (non-hydrogen) atoms. The zero-order valence-electron chi connectivity index (χ0n) is 51.7. The molecule has 2 aromatic rings. The smallest absolute Gasteiger partial charge is 0.329 e. The predicted octanol–water partition coefficient (Wildman–Crippen LogP) is 4.83. The first-order valence-electron chi connectivity index (χ1n) is 28.9. The number of alkyl halides is 2. The number of likely N-dealkylation sites (N-methyl/N-ethyl adjacent to an activating group) is 4. The second-order valence-corrected chi connectivity index (χ2v) is 24.2. The number of nitrogens with zero attached hydrogens (tertiary/aromatic N) is 5. The second kappa shape index (κ2) is 31.7. The molecular formula is C61H92F2N6O15. The maximum atomic E-state index is 15.9. The van der Waals surface area contributed by atoms with Crippen LogP contribution in [0.3, 0.4) is 0 Å². The van der Waals surface area contributed by atoms with Crippen LogP contribution in [0.4, 0.5) is 20.2 Å². The average Bonchev–Trinajstić information content (AvgIpc) is 3.23. The first-order valence-corrected chi connectivity index (χ1v) is 28.9. The minimum Gasteiger partial charge on any atom is -0.451 e. The summed E-state index contributed by atoms with van der Waals surface area (Å²) < 4.78 is 64.9. The van der Waals surface area contributed by atoms with Gasteiger partial charge in [-0.15, -0.1) is 0 Å². The van der Waals surface area contributed by atoms with Crippen molar-refractivity contribution in [1.29, 1.82) is 0 Å². The number of aldehydes is 1. The van der Waals surface area contributed by atoms with Crippen LogP contribution in [-0.4, -0.2) is 215 Å². The lowest BCUT2D eigenvalue weighted by atomic mass is 9.98. The number of hydrogen-bond donors (Lipinski definition) is 2. The lowest BCUT2D eigenvalue weighted by Crippen LogP contribution is -2.54. The Balaban J connectivity index is 1.65. The summed E-state index contributed by atoms with van der Waals surface area (Å²) >= 11 is 0. The van der Waals surface area contributed by atoms with Crippen molar-refractivity contribution in [1.82, 2.24) is 20.0 Å².